The van der Waals surface area contributed by atoms with Gasteiger partial charge >= 0.3 is 0 Å². The predicted octanol–water partition coefficient (Wildman–Crippen LogP) is 1.87. The molecule has 7 nitrogen and oxygen atoms in total. The highest BCUT2D eigenvalue weighted by molar-refractivity contribution is 5.92. The Bertz CT molecular complexity index is 851. The first-order valence-electron chi connectivity index (χ1n) is 10.1. The van der Waals surface area contributed by atoms with Crippen LogP contribution in [0.4, 0.5) is 0 Å². The van der Waals surface area contributed by atoms with Gasteiger partial charge in [-0.05, 0) is 31.2 Å². The van der Waals surface area contributed by atoms with Crippen LogP contribution in [-0.2, 0) is 17.3 Å². The molecule has 0 spiro atoms. The lowest BCUT2D eigenvalue weighted by atomic mass is 9.74. The molecule has 7 heteroatoms. The van der Waals surface area contributed by atoms with E-state index in [0.29, 0.717) is 25.1 Å². The molecule has 3 rings (SSSR count). The molecule has 1 saturated carbocycles. The number of carbonyl (C=O) groups is 2. The fourth-order valence-corrected chi connectivity index (χ4v) is 4.32. The summed E-state index contributed by atoms with van der Waals surface area (Å²) < 4.78 is 1.73. The molecular formula is C22H30N4O3. The van der Waals surface area contributed by atoms with Crippen LogP contribution in [0.1, 0.15) is 48.7 Å². The lowest BCUT2D eigenvalue weighted by Gasteiger charge is -2.34. The van der Waals surface area contributed by atoms with Crippen LogP contribution in [0.2, 0.25) is 0 Å². The van der Waals surface area contributed by atoms with Gasteiger partial charge in [0.25, 0.3) is 5.91 Å². The van der Waals surface area contributed by atoms with Gasteiger partial charge in [-0.1, -0.05) is 30.3 Å². The van der Waals surface area contributed by atoms with E-state index in [1.165, 1.54) is 6.92 Å². The molecule has 0 aliphatic heterocycles. The van der Waals surface area contributed by atoms with Gasteiger partial charge in [0.1, 0.15) is 5.69 Å². The Kier molecular flexibility index (Phi) is 6.37. The van der Waals surface area contributed by atoms with Crippen molar-refractivity contribution in [3.8, 4) is 0 Å². The van der Waals surface area contributed by atoms with Crippen LogP contribution >= 0.6 is 0 Å². The summed E-state index contributed by atoms with van der Waals surface area (Å²) in [6.07, 6.45) is 5.35. The quantitative estimate of drug-likeness (QED) is 0.753. The molecule has 1 fully saturated rings. The van der Waals surface area contributed by atoms with Crippen molar-refractivity contribution in [3.63, 3.8) is 0 Å². The third-order valence-electron chi connectivity index (χ3n) is 6.09. The van der Waals surface area contributed by atoms with Gasteiger partial charge in [0.2, 0.25) is 5.91 Å². The number of rotatable bonds is 5. The lowest BCUT2D eigenvalue weighted by Crippen LogP contribution is -2.44. The topological polar surface area (TPSA) is 87.5 Å². The highest BCUT2D eigenvalue weighted by Gasteiger charge is 2.40. The fourth-order valence-electron chi connectivity index (χ4n) is 4.32. The Morgan fingerprint density at radius 2 is 1.97 bits per heavy atom. The lowest BCUT2D eigenvalue weighted by molar-refractivity contribution is -0.119. The monoisotopic (exact) mass is 398 g/mol. The number of hydrogen-bond donors (Lipinski definition) is 2. The molecule has 1 aromatic carbocycles. The number of nitrogens with one attached hydrogen (secondary N) is 1. The number of nitrogens with zero attached hydrogens (tertiary/aromatic N) is 3. The summed E-state index contributed by atoms with van der Waals surface area (Å²) in [5.41, 5.74) is 1.26. The highest BCUT2D eigenvalue weighted by atomic mass is 16.3. The number of aliphatic hydroxyl groups excluding tert-OH is 1. The molecular weight excluding hydrogens is 368 g/mol. The molecule has 0 unspecified atom stereocenters. The van der Waals surface area contributed by atoms with Crippen molar-refractivity contribution in [1.29, 1.82) is 0 Å². The first-order valence-corrected chi connectivity index (χ1v) is 10.1. The molecule has 2 aromatic rings. The smallest absolute Gasteiger partial charge is 0.274 e. The SMILES string of the molecule is CC(=O)NC[C@]1(c2ccccc2)CC[C@@H](O)[C@H](N(C)C(=O)c2cn(C)cn2)CC1. The number of likely N-dealkylation sites (N-methyl/N-ethyl adjacent to an activating group) is 1. The molecule has 0 bridgehead atoms. The zero-order valence-electron chi connectivity index (χ0n) is 17.3. The summed E-state index contributed by atoms with van der Waals surface area (Å²) in [7, 11) is 3.55. The van der Waals surface area contributed by atoms with Crippen LogP contribution in [0.5, 0.6) is 0 Å². The molecule has 1 aliphatic carbocycles. The maximum atomic E-state index is 12.8. The number of amides is 2. The third-order valence-corrected chi connectivity index (χ3v) is 6.09. The molecule has 3 atom stereocenters. The molecule has 1 aromatic heterocycles. The number of aromatic nitrogens is 2. The molecule has 0 saturated heterocycles. The summed E-state index contributed by atoms with van der Waals surface area (Å²) in [5.74, 6) is -0.257. The standard InChI is InChI=1S/C22H30N4O3/c1-16(27)23-14-22(17-7-5-4-6-8-17)11-9-19(20(28)10-12-22)26(3)21(29)18-13-25(2)15-24-18/h4-8,13,15,19-20,28H,9-12,14H2,1-3H3,(H,23,27)/t19-,20-,22-/m1/s1. The zero-order chi connectivity index (χ0) is 21.0. The van der Waals surface area contributed by atoms with Crippen LogP contribution < -0.4 is 5.32 Å². The van der Waals surface area contributed by atoms with E-state index in [1.54, 1.807) is 29.0 Å². The van der Waals surface area contributed by atoms with E-state index in [1.807, 2.05) is 25.2 Å². The summed E-state index contributed by atoms with van der Waals surface area (Å²) >= 11 is 0. The van der Waals surface area contributed by atoms with Crippen LogP contribution in [0, 0.1) is 0 Å². The van der Waals surface area contributed by atoms with Gasteiger partial charge in [-0.3, -0.25) is 9.59 Å². The van der Waals surface area contributed by atoms with E-state index in [0.717, 1.165) is 18.4 Å². The first kappa shape index (κ1) is 21.0. The summed E-state index contributed by atoms with van der Waals surface area (Å²) in [4.78, 5) is 30.2. The average Bonchev–Trinajstić information content (AvgIpc) is 3.07. The fraction of sp³-hybridized carbons (Fsp3) is 0.500. The molecule has 1 heterocycles. The van der Waals surface area contributed by atoms with Crippen molar-refractivity contribution >= 4 is 11.8 Å². The van der Waals surface area contributed by atoms with E-state index >= 15 is 0 Å². The molecule has 2 N–H and O–H groups in total. The van der Waals surface area contributed by atoms with Crippen LogP contribution in [0.25, 0.3) is 0 Å². The summed E-state index contributed by atoms with van der Waals surface area (Å²) in [6, 6.07) is 9.84. The van der Waals surface area contributed by atoms with E-state index in [2.05, 4.69) is 22.4 Å². The van der Waals surface area contributed by atoms with Gasteiger partial charge < -0.3 is 19.9 Å². The van der Waals surface area contributed by atoms with E-state index in [-0.39, 0.29) is 23.3 Å². The van der Waals surface area contributed by atoms with Crippen LogP contribution in [0.15, 0.2) is 42.9 Å². The Morgan fingerprint density at radius 1 is 1.28 bits per heavy atom. The van der Waals surface area contributed by atoms with Crippen LogP contribution in [-0.4, -0.2) is 57.1 Å². The number of benzene rings is 1. The molecule has 29 heavy (non-hydrogen) atoms. The maximum Gasteiger partial charge on any atom is 0.274 e. The van der Waals surface area contributed by atoms with Gasteiger partial charge in [0.15, 0.2) is 0 Å². The Labute approximate surface area is 171 Å². The summed E-state index contributed by atoms with van der Waals surface area (Å²) in [6.45, 7) is 2.04. The number of carbonyl (C=O) groups excluding carboxylic acids is 2. The largest absolute Gasteiger partial charge is 0.391 e. The van der Waals surface area contributed by atoms with Crippen molar-refractivity contribution < 1.29 is 14.7 Å². The number of aliphatic hydroxyl groups is 1. The average molecular weight is 399 g/mol. The zero-order valence-corrected chi connectivity index (χ0v) is 17.3. The summed E-state index contributed by atoms with van der Waals surface area (Å²) in [5, 5.41) is 13.8. The minimum atomic E-state index is -0.629. The highest BCUT2D eigenvalue weighted by Crippen LogP contribution is 2.39. The van der Waals surface area contributed by atoms with Crippen molar-refractivity contribution in [1.82, 2.24) is 19.8 Å². The third kappa shape index (κ3) is 4.67. The predicted molar refractivity (Wildman–Crippen MR) is 110 cm³/mol. The number of imidazole rings is 1. The van der Waals surface area contributed by atoms with Gasteiger partial charge in [0.05, 0.1) is 18.5 Å². The minimum Gasteiger partial charge on any atom is -0.391 e. The molecule has 156 valence electrons. The van der Waals surface area contributed by atoms with Crippen molar-refractivity contribution in [3.05, 3.63) is 54.1 Å². The molecule has 0 radical (unpaired) electrons. The number of aryl methyl sites for hydroxylation is 1. The normalized spacial score (nSPS) is 24.6. The van der Waals surface area contributed by atoms with Crippen LogP contribution in [0.3, 0.4) is 0 Å². The van der Waals surface area contributed by atoms with Gasteiger partial charge in [-0.2, -0.15) is 0 Å². The van der Waals surface area contributed by atoms with Crippen molar-refractivity contribution in [2.45, 2.75) is 50.2 Å². The van der Waals surface area contributed by atoms with Crippen molar-refractivity contribution in [2.75, 3.05) is 13.6 Å². The van der Waals surface area contributed by atoms with Gasteiger partial charge in [-0.25, -0.2) is 4.98 Å². The molecule has 1 aliphatic rings. The first-order chi connectivity index (χ1) is 13.8. The molecule has 2 amide bonds. The van der Waals surface area contributed by atoms with Gasteiger partial charge in [-0.15, -0.1) is 0 Å². The second-order valence-corrected chi connectivity index (χ2v) is 8.11. The maximum absolute atomic E-state index is 12.8. The van der Waals surface area contributed by atoms with Gasteiger partial charge in [0, 0.05) is 39.2 Å². The number of hydrogen-bond acceptors (Lipinski definition) is 4. The van der Waals surface area contributed by atoms with E-state index in [4.69, 9.17) is 0 Å². The Morgan fingerprint density at radius 3 is 2.59 bits per heavy atom. The second-order valence-electron chi connectivity index (χ2n) is 8.11. The van der Waals surface area contributed by atoms with E-state index in [9.17, 15) is 14.7 Å². The second kappa shape index (κ2) is 8.78. The Balaban J connectivity index is 1.82. The van der Waals surface area contributed by atoms with Crippen molar-refractivity contribution in [2.24, 2.45) is 7.05 Å². The Hall–Kier alpha value is -2.67. The minimum absolute atomic E-state index is 0.0656. The van der Waals surface area contributed by atoms with E-state index < -0.39 is 6.10 Å².